The van der Waals surface area contributed by atoms with Crippen molar-refractivity contribution in [2.45, 2.75) is 32.0 Å². The van der Waals surface area contributed by atoms with E-state index < -0.39 is 12.7 Å². The third-order valence-corrected chi connectivity index (χ3v) is 1.86. The Labute approximate surface area is 76.9 Å². The molecular weight excluding hydrogens is 181 g/mol. The number of rotatable bonds is 5. The predicted molar refractivity (Wildman–Crippen MR) is 46.4 cm³/mol. The maximum absolute atomic E-state index is 11.8. The minimum atomic E-state index is -4.11. The van der Waals surface area contributed by atoms with Gasteiger partial charge in [0.05, 0.1) is 6.54 Å². The van der Waals surface area contributed by atoms with Gasteiger partial charge in [-0.3, -0.25) is 4.90 Å². The standard InChI is InChI=1S/C8H17F3N2/c1-3-7(12)4-5-13(2)6-8(9,10)11/h7H,3-6,12H2,1-2H3. The normalized spacial score (nSPS) is 15.0. The van der Waals surface area contributed by atoms with Gasteiger partial charge in [-0.1, -0.05) is 6.92 Å². The molecule has 0 saturated carbocycles. The molecule has 1 atom stereocenters. The van der Waals surface area contributed by atoms with Gasteiger partial charge in [-0.2, -0.15) is 13.2 Å². The predicted octanol–water partition coefficient (Wildman–Crippen LogP) is 1.61. The fraction of sp³-hybridized carbons (Fsp3) is 1.00. The van der Waals surface area contributed by atoms with Crippen LogP contribution in [0.4, 0.5) is 13.2 Å². The molecule has 0 heterocycles. The van der Waals surface area contributed by atoms with E-state index in [1.807, 2.05) is 6.92 Å². The van der Waals surface area contributed by atoms with E-state index in [0.717, 1.165) is 6.42 Å². The Hall–Kier alpha value is -0.290. The fourth-order valence-electron chi connectivity index (χ4n) is 0.975. The Morgan fingerprint density at radius 3 is 2.31 bits per heavy atom. The molecule has 0 amide bonds. The van der Waals surface area contributed by atoms with E-state index in [9.17, 15) is 13.2 Å². The van der Waals surface area contributed by atoms with E-state index in [-0.39, 0.29) is 6.04 Å². The van der Waals surface area contributed by atoms with Crippen molar-refractivity contribution in [1.29, 1.82) is 0 Å². The highest BCUT2D eigenvalue weighted by molar-refractivity contribution is 4.64. The molecule has 13 heavy (non-hydrogen) atoms. The lowest BCUT2D eigenvalue weighted by Crippen LogP contribution is -2.34. The lowest BCUT2D eigenvalue weighted by molar-refractivity contribution is -0.143. The fourth-order valence-corrected chi connectivity index (χ4v) is 0.975. The smallest absolute Gasteiger partial charge is 0.328 e. The van der Waals surface area contributed by atoms with Gasteiger partial charge in [-0.25, -0.2) is 0 Å². The summed E-state index contributed by atoms with van der Waals surface area (Å²) in [5.41, 5.74) is 5.58. The molecule has 0 aliphatic carbocycles. The molecule has 0 fully saturated rings. The van der Waals surface area contributed by atoms with Crippen molar-refractivity contribution < 1.29 is 13.2 Å². The molecule has 0 aliphatic rings. The van der Waals surface area contributed by atoms with Crippen molar-refractivity contribution in [3.63, 3.8) is 0 Å². The maximum Gasteiger partial charge on any atom is 0.401 e. The second-order valence-corrected chi connectivity index (χ2v) is 3.31. The molecule has 0 aromatic rings. The lowest BCUT2D eigenvalue weighted by atomic mass is 10.1. The molecule has 2 N–H and O–H groups in total. The maximum atomic E-state index is 11.8. The third kappa shape index (κ3) is 8.05. The van der Waals surface area contributed by atoms with Gasteiger partial charge in [0.2, 0.25) is 0 Å². The van der Waals surface area contributed by atoms with Gasteiger partial charge in [0.25, 0.3) is 0 Å². The van der Waals surface area contributed by atoms with Crippen LogP contribution in [0, 0.1) is 0 Å². The highest BCUT2D eigenvalue weighted by Gasteiger charge is 2.28. The van der Waals surface area contributed by atoms with Crippen LogP contribution < -0.4 is 5.73 Å². The van der Waals surface area contributed by atoms with Crippen LogP contribution in [0.2, 0.25) is 0 Å². The van der Waals surface area contributed by atoms with Crippen LogP contribution in [0.1, 0.15) is 19.8 Å². The van der Waals surface area contributed by atoms with E-state index in [2.05, 4.69) is 0 Å². The summed E-state index contributed by atoms with van der Waals surface area (Å²) in [5, 5.41) is 0. The quantitative estimate of drug-likeness (QED) is 0.727. The van der Waals surface area contributed by atoms with Gasteiger partial charge >= 0.3 is 6.18 Å². The second-order valence-electron chi connectivity index (χ2n) is 3.31. The first-order valence-corrected chi connectivity index (χ1v) is 4.36. The van der Waals surface area contributed by atoms with Crippen LogP contribution in [0.5, 0.6) is 0 Å². The zero-order valence-electron chi connectivity index (χ0n) is 8.06. The van der Waals surface area contributed by atoms with Crippen LogP contribution in [0.3, 0.4) is 0 Å². The van der Waals surface area contributed by atoms with Crippen LogP contribution in [0.15, 0.2) is 0 Å². The minimum Gasteiger partial charge on any atom is -0.328 e. The number of nitrogens with zero attached hydrogens (tertiary/aromatic N) is 1. The number of hydrogen-bond donors (Lipinski definition) is 1. The molecule has 0 aromatic heterocycles. The summed E-state index contributed by atoms with van der Waals surface area (Å²) < 4.78 is 35.5. The third-order valence-electron chi connectivity index (χ3n) is 1.86. The van der Waals surface area contributed by atoms with Crippen LogP contribution >= 0.6 is 0 Å². The zero-order chi connectivity index (χ0) is 10.5. The monoisotopic (exact) mass is 198 g/mol. The van der Waals surface area contributed by atoms with Crippen molar-refractivity contribution in [1.82, 2.24) is 4.90 Å². The average molecular weight is 198 g/mol. The molecule has 0 saturated heterocycles. The highest BCUT2D eigenvalue weighted by Crippen LogP contribution is 2.15. The Bertz CT molecular complexity index is 136. The van der Waals surface area contributed by atoms with E-state index in [1.54, 1.807) is 0 Å². The van der Waals surface area contributed by atoms with E-state index in [1.165, 1.54) is 11.9 Å². The molecule has 5 heteroatoms. The van der Waals surface area contributed by atoms with Gasteiger partial charge in [0.15, 0.2) is 0 Å². The van der Waals surface area contributed by atoms with E-state index >= 15 is 0 Å². The molecule has 0 bridgehead atoms. The number of nitrogens with two attached hydrogens (primary N) is 1. The molecular formula is C8H17F3N2. The van der Waals surface area contributed by atoms with Crippen molar-refractivity contribution in [3.8, 4) is 0 Å². The van der Waals surface area contributed by atoms with Crippen LogP contribution in [-0.4, -0.2) is 37.3 Å². The Kier molecular flexibility index (Phi) is 5.32. The lowest BCUT2D eigenvalue weighted by Gasteiger charge is -2.19. The minimum absolute atomic E-state index is 0.00989. The summed E-state index contributed by atoms with van der Waals surface area (Å²) in [5.74, 6) is 0. The molecule has 0 spiro atoms. The van der Waals surface area contributed by atoms with Crippen molar-refractivity contribution in [2.75, 3.05) is 20.1 Å². The molecule has 2 nitrogen and oxygen atoms in total. The largest absolute Gasteiger partial charge is 0.401 e. The first kappa shape index (κ1) is 12.7. The zero-order valence-corrected chi connectivity index (χ0v) is 8.06. The Morgan fingerprint density at radius 1 is 1.38 bits per heavy atom. The summed E-state index contributed by atoms with van der Waals surface area (Å²) in [6.45, 7) is 1.46. The van der Waals surface area contributed by atoms with Gasteiger partial charge in [0.1, 0.15) is 0 Å². The molecule has 0 aromatic carbocycles. The van der Waals surface area contributed by atoms with Crippen molar-refractivity contribution in [2.24, 2.45) is 5.73 Å². The SMILES string of the molecule is CCC(N)CCN(C)CC(F)(F)F. The summed E-state index contributed by atoms with van der Waals surface area (Å²) >= 11 is 0. The van der Waals surface area contributed by atoms with Crippen molar-refractivity contribution in [3.05, 3.63) is 0 Å². The van der Waals surface area contributed by atoms with E-state index in [4.69, 9.17) is 5.73 Å². The van der Waals surface area contributed by atoms with Crippen LogP contribution in [-0.2, 0) is 0 Å². The summed E-state index contributed by atoms with van der Waals surface area (Å²) in [6.07, 6.45) is -2.69. The van der Waals surface area contributed by atoms with Gasteiger partial charge in [0, 0.05) is 6.04 Å². The summed E-state index contributed by atoms with van der Waals surface area (Å²) in [7, 11) is 1.45. The molecule has 0 radical (unpaired) electrons. The summed E-state index contributed by atoms with van der Waals surface area (Å²) in [6, 6.07) is 0.00989. The number of hydrogen-bond acceptors (Lipinski definition) is 2. The number of alkyl halides is 3. The van der Waals surface area contributed by atoms with Crippen molar-refractivity contribution >= 4 is 0 Å². The van der Waals surface area contributed by atoms with Crippen LogP contribution in [0.25, 0.3) is 0 Å². The van der Waals surface area contributed by atoms with Gasteiger partial charge in [-0.05, 0) is 26.4 Å². The molecule has 1 unspecified atom stereocenters. The molecule has 0 rings (SSSR count). The second kappa shape index (κ2) is 5.44. The molecule has 0 aliphatic heterocycles. The first-order chi connectivity index (χ1) is 5.85. The number of halogens is 3. The summed E-state index contributed by atoms with van der Waals surface area (Å²) in [4.78, 5) is 1.25. The Morgan fingerprint density at radius 2 is 1.92 bits per heavy atom. The highest BCUT2D eigenvalue weighted by atomic mass is 19.4. The average Bonchev–Trinajstić information content (AvgIpc) is 1.97. The Balaban J connectivity index is 3.57. The van der Waals surface area contributed by atoms with E-state index in [0.29, 0.717) is 13.0 Å². The van der Waals surface area contributed by atoms with Gasteiger partial charge < -0.3 is 5.73 Å². The molecule has 80 valence electrons. The topological polar surface area (TPSA) is 29.3 Å². The first-order valence-electron chi connectivity index (χ1n) is 4.36. The van der Waals surface area contributed by atoms with Gasteiger partial charge in [-0.15, -0.1) is 0 Å².